The van der Waals surface area contributed by atoms with Gasteiger partial charge in [-0.25, -0.2) is 4.57 Å². The van der Waals surface area contributed by atoms with Gasteiger partial charge < -0.3 is 14.9 Å². The third kappa shape index (κ3) is 22.1. The third-order valence-electron chi connectivity index (χ3n) is 4.31. The normalized spacial score (nSPS) is 12.0. The molecule has 6 heteroatoms. The molecule has 146 valence electrons. The van der Waals surface area contributed by atoms with Gasteiger partial charge in [0.25, 0.3) is 0 Å². The van der Waals surface area contributed by atoms with Crippen molar-refractivity contribution in [3.8, 4) is 0 Å². The average Bonchev–Trinajstić information content (AvgIpc) is 2.52. The van der Waals surface area contributed by atoms with Crippen LogP contribution in [0.3, 0.4) is 0 Å². The van der Waals surface area contributed by atoms with Gasteiger partial charge in [-0.1, -0.05) is 89.9 Å². The summed E-state index contributed by atoms with van der Waals surface area (Å²) in [4.78, 5) is 17.1. The maximum Gasteiger partial charge on any atom is 0.469 e. The van der Waals surface area contributed by atoms with E-state index in [4.69, 9.17) is 14.9 Å². The highest BCUT2D eigenvalue weighted by molar-refractivity contribution is 7.46. The van der Waals surface area contributed by atoms with Crippen molar-refractivity contribution < 1.29 is 24.0 Å². The predicted octanol–water partition coefficient (Wildman–Crippen LogP) is 5.33. The van der Waals surface area contributed by atoms with Crippen LogP contribution in [-0.2, 0) is 9.09 Å². The van der Waals surface area contributed by atoms with Gasteiger partial charge in [-0.2, -0.15) is 0 Å². The molecule has 0 heterocycles. The molecule has 0 aromatic heterocycles. The van der Waals surface area contributed by atoms with Crippen molar-refractivity contribution in [2.45, 2.75) is 103 Å². The Labute approximate surface area is 148 Å². The van der Waals surface area contributed by atoms with Crippen LogP contribution in [0.1, 0.15) is 103 Å². The number of hydrogen-bond donors (Lipinski definition) is 3. The topological polar surface area (TPSA) is 87.0 Å². The van der Waals surface area contributed by atoms with Gasteiger partial charge in [0.05, 0.1) is 6.61 Å². The summed E-state index contributed by atoms with van der Waals surface area (Å²) in [6, 6.07) is 0. The molecule has 0 bridgehead atoms. The number of aliphatic hydroxyl groups excluding tert-OH is 1. The first kappa shape index (κ1) is 24.1. The quantitative estimate of drug-likeness (QED) is 0.212. The zero-order valence-corrected chi connectivity index (χ0v) is 16.2. The van der Waals surface area contributed by atoms with Gasteiger partial charge in [-0.15, -0.1) is 0 Å². The molecule has 0 aliphatic carbocycles. The molecule has 0 saturated heterocycles. The third-order valence-corrected chi connectivity index (χ3v) is 4.83. The number of phosphoric ester groups is 1. The number of hydrogen-bond acceptors (Lipinski definition) is 3. The zero-order valence-electron chi connectivity index (χ0n) is 15.3. The summed E-state index contributed by atoms with van der Waals surface area (Å²) in [6.45, 7) is 0.497. The van der Waals surface area contributed by atoms with E-state index in [-0.39, 0.29) is 6.61 Å². The minimum atomic E-state index is -4.27. The highest BCUT2D eigenvalue weighted by Gasteiger charge is 2.12. The van der Waals surface area contributed by atoms with Crippen LogP contribution in [0.2, 0.25) is 0 Å². The summed E-state index contributed by atoms with van der Waals surface area (Å²) >= 11 is 0. The summed E-state index contributed by atoms with van der Waals surface area (Å²) < 4.78 is 14.9. The minimum Gasteiger partial charge on any atom is -0.396 e. The van der Waals surface area contributed by atoms with E-state index in [0.29, 0.717) is 6.61 Å². The van der Waals surface area contributed by atoms with E-state index in [9.17, 15) is 4.57 Å². The minimum absolute atomic E-state index is 0.158. The Morgan fingerprint density at radius 3 is 1.12 bits per heavy atom. The van der Waals surface area contributed by atoms with Crippen LogP contribution >= 0.6 is 7.82 Å². The second kappa shape index (κ2) is 17.9. The Hall–Kier alpha value is 0.0700. The summed E-state index contributed by atoms with van der Waals surface area (Å²) in [5, 5.41) is 8.69. The smallest absolute Gasteiger partial charge is 0.396 e. The highest BCUT2D eigenvalue weighted by atomic mass is 31.2. The highest BCUT2D eigenvalue weighted by Crippen LogP contribution is 2.35. The van der Waals surface area contributed by atoms with E-state index >= 15 is 0 Å². The fourth-order valence-corrected chi connectivity index (χ4v) is 3.24. The standard InChI is InChI=1S/C18H39O5P/c19-17-15-13-11-9-7-5-3-1-2-4-6-8-10-12-14-16-18-23-24(20,21)22/h19H,1-18H2,(H2,20,21,22). The van der Waals surface area contributed by atoms with Crippen molar-refractivity contribution in [1.82, 2.24) is 0 Å². The lowest BCUT2D eigenvalue weighted by atomic mass is 10.0. The van der Waals surface area contributed by atoms with Crippen molar-refractivity contribution in [1.29, 1.82) is 0 Å². The van der Waals surface area contributed by atoms with Crippen LogP contribution in [0.5, 0.6) is 0 Å². The van der Waals surface area contributed by atoms with E-state index in [2.05, 4.69) is 4.52 Å². The van der Waals surface area contributed by atoms with Gasteiger partial charge in [-0.05, 0) is 12.8 Å². The fourth-order valence-electron chi connectivity index (χ4n) is 2.87. The molecule has 0 unspecified atom stereocenters. The second-order valence-electron chi connectivity index (χ2n) is 6.70. The molecule has 0 spiro atoms. The summed E-state index contributed by atoms with van der Waals surface area (Å²) in [6.07, 6.45) is 19.4. The van der Waals surface area contributed by atoms with E-state index in [0.717, 1.165) is 25.7 Å². The van der Waals surface area contributed by atoms with E-state index in [1.165, 1.54) is 77.0 Å². The fraction of sp³-hybridized carbons (Fsp3) is 1.00. The van der Waals surface area contributed by atoms with Crippen LogP contribution in [0.25, 0.3) is 0 Å². The van der Waals surface area contributed by atoms with Gasteiger partial charge in [0.15, 0.2) is 0 Å². The molecule has 0 aromatic rings. The summed E-state index contributed by atoms with van der Waals surface area (Å²) in [7, 11) is -4.27. The molecular formula is C18H39O5P. The SMILES string of the molecule is O=P(O)(O)OCCCCCCCCCCCCCCCCCCO. The molecule has 0 saturated carbocycles. The number of phosphoric acid groups is 1. The molecule has 0 aromatic carbocycles. The molecule has 3 N–H and O–H groups in total. The number of unbranched alkanes of at least 4 members (excludes halogenated alkanes) is 15. The molecule has 0 rings (SSSR count). The van der Waals surface area contributed by atoms with Gasteiger partial charge in [0.2, 0.25) is 0 Å². The van der Waals surface area contributed by atoms with Crippen LogP contribution in [0, 0.1) is 0 Å². The zero-order chi connectivity index (χ0) is 17.9. The molecule has 0 atom stereocenters. The lowest BCUT2D eigenvalue weighted by Gasteiger charge is -2.05. The van der Waals surface area contributed by atoms with Gasteiger partial charge >= 0.3 is 7.82 Å². The summed E-state index contributed by atoms with van der Waals surface area (Å²) in [5.41, 5.74) is 0. The van der Waals surface area contributed by atoms with Crippen LogP contribution in [-0.4, -0.2) is 28.1 Å². The number of rotatable bonds is 19. The largest absolute Gasteiger partial charge is 0.469 e. The molecular weight excluding hydrogens is 327 g/mol. The first-order valence-corrected chi connectivity index (χ1v) is 11.4. The maximum atomic E-state index is 10.5. The van der Waals surface area contributed by atoms with Crippen molar-refractivity contribution in [3.05, 3.63) is 0 Å². The van der Waals surface area contributed by atoms with Gasteiger partial charge in [0.1, 0.15) is 0 Å². The van der Waals surface area contributed by atoms with Crippen LogP contribution in [0.15, 0.2) is 0 Å². The second-order valence-corrected chi connectivity index (χ2v) is 7.94. The maximum absolute atomic E-state index is 10.5. The molecule has 0 aliphatic heterocycles. The lowest BCUT2D eigenvalue weighted by molar-refractivity contribution is 0.193. The van der Waals surface area contributed by atoms with Gasteiger partial charge in [0, 0.05) is 6.61 Å². The summed E-state index contributed by atoms with van der Waals surface area (Å²) in [5.74, 6) is 0. The molecule has 0 amide bonds. The Kier molecular flexibility index (Phi) is 17.9. The van der Waals surface area contributed by atoms with Crippen molar-refractivity contribution in [2.24, 2.45) is 0 Å². The van der Waals surface area contributed by atoms with Crippen molar-refractivity contribution in [2.75, 3.05) is 13.2 Å². The van der Waals surface area contributed by atoms with Crippen molar-refractivity contribution in [3.63, 3.8) is 0 Å². The average molecular weight is 366 g/mol. The van der Waals surface area contributed by atoms with Gasteiger partial charge in [-0.3, -0.25) is 4.52 Å². The van der Waals surface area contributed by atoms with Crippen LogP contribution in [0.4, 0.5) is 0 Å². The predicted molar refractivity (Wildman–Crippen MR) is 99.0 cm³/mol. The monoisotopic (exact) mass is 366 g/mol. The molecule has 5 nitrogen and oxygen atoms in total. The Morgan fingerprint density at radius 1 is 0.542 bits per heavy atom. The first-order chi connectivity index (χ1) is 11.6. The molecule has 0 fully saturated rings. The Morgan fingerprint density at radius 2 is 0.833 bits per heavy atom. The van der Waals surface area contributed by atoms with Crippen LogP contribution < -0.4 is 0 Å². The molecule has 0 radical (unpaired) electrons. The van der Waals surface area contributed by atoms with Crippen molar-refractivity contribution >= 4 is 7.82 Å². The Balaban J connectivity index is 3.02. The lowest BCUT2D eigenvalue weighted by Crippen LogP contribution is -1.92. The van der Waals surface area contributed by atoms with E-state index in [1.54, 1.807) is 0 Å². The first-order valence-electron chi connectivity index (χ1n) is 9.87. The Bertz CT molecular complexity index is 293. The van der Waals surface area contributed by atoms with E-state index in [1.807, 2.05) is 0 Å². The molecule has 0 aliphatic rings. The number of aliphatic hydroxyl groups is 1. The molecule has 24 heavy (non-hydrogen) atoms. The van der Waals surface area contributed by atoms with E-state index < -0.39 is 7.82 Å².